The largest absolute Gasteiger partial charge is 0.465 e. The number of allylic oxidation sites excluding steroid dienone is 3. The number of ketones is 2. The van der Waals surface area contributed by atoms with Crippen molar-refractivity contribution in [2.24, 2.45) is 0 Å². The van der Waals surface area contributed by atoms with E-state index in [2.05, 4.69) is 0 Å². The maximum Gasteiger partial charge on any atom is 0.191 e. The standard InChI is InChI=1S/C20H18O4S2/c21-17(9-7-15-5-3-11-23-15)19(20-25-13-1-2-14-26-20)18(22)10-8-16-6-4-12-24-16/h3-12H,1-2,13-14H2/b9-7+,10-8+. The quantitative estimate of drug-likeness (QED) is 0.386. The van der Waals surface area contributed by atoms with Gasteiger partial charge in [-0.25, -0.2) is 0 Å². The van der Waals surface area contributed by atoms with Crippen LogP contribution in [0.4, 0.5) is 0 Å². The van der Waals surface area contributed by atoms with Crippen LogP contribution in [0.25, 0.3) is 12.2 Å². The van der Waals surface area contributed by atoms with Crippen LogP contribution in [0.1, 0.15) is 24.4 Å². The number of rotatable bonds is 6. The van der Waals surface area contributed by atoms with Crippen LogP contribution in [-0.4, -0.2) is 23.1 Å². The second kappa shape index (κ2) is 9.50. The first-order chi connectivity index (χ1) is 12.7. The predicted octanol–water partition coefficient (Wildman–Crippen LogP) is 5.21. The number of hydrogen-bond acceptors (Lipinski definition) is 6. The molecule has 0 amide bonds. The van der Waals surface area contributed by atoms with E-state index < -0.39 is 0 Å². The van der Waals surface area contributed by atoms with Crippen molar-refractivity contribution in [2.75, 3.05) is 11.5 Å². The molecule has 0 saturated carbocycles. The highest BCUT2D eigenvalue weighted by Gasteiger charge is 2.22. The van der Waals surface area contributed by atoms with Gasteiger partial charge in [-0.1, -0.05) is 0 Å². The van der Waals surface area contributed by atoms with Gasteiger partial charge in [0.2, 0.25) is 0 Å². The molecule has 2 aromatic rings. The van der Waals surface area contributed by atoms with E-state index in [4.69, 9.17) is 8.83 Å². The SMILES string of the molecule is O=C(/C=C/c1ccco1)C(C(=O)/C=C/c1ccco1)=C1SCCCCS1. The molecule has 1 saturated heterocycles. The van der Waals surface area contributed by atoms with E-state index in [1.54, 1.807) is 59.9 Å². The number of thioether (sulfide) groups is 2. The summed E-state index contributed by atoms with van der Waals surface area (Å²) in [6.45, 7) is 0. The van der Waals surface area contributed by atoms with Gasteiger partial charge in [-0.2, -0.15) is 0 Å². The average molecular weight is 386 g/mol. The number of hydrogen-bond donors (Lipinski definition) is 0. The second-order valence-electron chi connectivity index (χ2n) is 5.49. The number of furan rings is 2. The second-order valence-corrected chi connectivity index (χ2v) is 7.96. The van der Waals surface area contributed by atoms with Crippen molar-refractivity contribution >= 4 is 47.2 Å². The molecule has 1 aliphatic heterocycles. The number of carbonyl (C=O) groups excluding carboxylic acids is 2. The van der Waals surface area contributed by atoms with Crippen molar-refractivity contribution < 1.29 is 18.4 Å². The Hall–Kier alpha value is -2.18. The first-order valence-corrected chi connectivity index (χ1v) is 10.2. The Morgan fingerprint density at radius 2 is 1.35 bits per heavy atom. The molecule has 3 rings (SSSR count). The van der Waals surface area contributed by atoms with E-state index in [-0.39, 0.29) is 17.1 Å². The van der Waals surface area contributed by atoms with Crippen LogP contribution in [0.5, 0.6) is 0 Å². The van der Waals surface area contributed by atoms with Crippen molar-refractivity contribution in [3.63, 3.8) is 0 Å². The Morgan fingerprint density at radius 3 is 1.77 bits per heavy atom. The van der Waals surface area contributed by atoms with Crippen LogP contribution in [0.2, 0.25) is 0 Å². The van der Waals surface area contributed by atoms with Gasteiger partial charge in [-0.15, -0.1) is 23.5 Å². The normalized spacial score (nSPS) is 15.5. The first-order valence-electron chi connectivity index (χ1n) is 8.26. The molecule has 0 aromatic carbocycles. The minimum absolute atomic E-state index is 0.215. The summed E-state index contributed by atoms with van der Waals surface area (Å²) in [5.41, 5.74) is 0.215. The fourth-order valence-corrected chi connectivity index (χ4v) is 4.89. The lowest BCUT2D eigenvalue weighted by molar-refractivity contribution is -0.116. The Balaban J connectivity index is 1.86. The Labute approximate surface area is 160 Å². The molecule has 0 aliphatic carbocycles. The zero-order valence-corrected chi connectivity index (χ0v) is 15.7. The molecule has 1 fully saturated rings. The molecule has 4 nitrogen and oxygen atoms in total. The zero-order chi connectivity index (χ0) is 18.2. The van der Waals surface area contributed by atoms with E-state index in [1.165, 1.54) is 24.7 Å². The third-order valence-electron chi connectivity index (χ3n) is 3.59. The Bertz CT molecular complexity index is 759. The molecule has 0 atom stereocenters. The molecule has 1 aliphatic rings. The van der Waals surface area contributed by atoms with Gasteiger partial charge >= 0.3 is 0 Å². The number of carbonyl (C=O) groups is 2. The predicted molar refractivity (Wildman–Crippen MR) is 107 cm³/mol. The maximum absolute atomic E-state index is 12.8. The third kappa shape index (κ3) is 5.16. The van der Waals surface area contributed by atoms with Crippen LogP contribution < -0.4 is 0 Å². The Kier molecular flexibility index (Phi) is 6.80. The summed E-state index contributed by atoms with van der Waals surface area (Å²) in [4.78, 5) is 25.5. The zero-order valence-electron chi connectivity index (χ0n) is 14.1. The van der Waals surface area contributed by atoms with Crippen LogP contribution in [0.15, 0.2) is 67.6 Å². The van der Waals surface area contributed by atoms with Gasteiger partial charge in [-0.05, 0) is 72.9 Å². The summed E-state index contributed by atoms with van der Waals surface area (Å²) >= 11 is 3.16. The van der Waals surface area contributed by atoms with Crippen LogP contribution >= 0.6 is 23.5 Å². The van der Waals surface area contributed by atoms with E-state index in [9.17, 15) is 9.59 Å². The molecule has 26 heavy (non-hydrogen) atoms. The van der Waals surface area contributed by atoms with Crippen LogP contribution in [0, 0.1) is 0 Å². The van der Waals surface area contributed by atoms with Gasteiger partial charge in [0.25, 0.3) is 0 Å². The van der Waals surface area contributed by atoms with Crippen molar-refractivity contribution in [1.29, 1.82) is 0 Å². The fourth-order valence-electron chi connectivity index (χ4n) is 2.30. The highest BCUT2D eigenvalue weighted by atomic mass is 32.2. The van der Waals surface area contributed by atoms with Crippen LogP contribution in [0.3, 0.4) is 0 Å². The summed E-state index contributed by atoms with van der Waals surface area (Å²) in [6, 6.07) is 7.00. The van der Waals surface area contributed by atoms with Crippen molar-refractivity contribution in [3.8, 4) is 0 Å². The summed E-state index contributed by atoms with van der Waals surface area (Å²) in [6.07, 6.45) is 11.2. The summed E-state index contributed by atoms with van der Waals surface area (Å²) in [7, 11) is 0. The lowest BCUT2D eigenvalue weighted by atomic mass is 10.1. The van der Waals surface area contributed by atoms with Gasteiger partial charge < -0.3 is 8.83 Å². The van der Waals surface area contributed by atoms with E-state index >= 15 is 0 Å². The van der Waals surface area contributed by atoms with E-state index in [1.807, 2.05) is 0 Å². The molecule has 0 N–H and O–H groups in total. The van der Waals surface area contributed by atoms with Crippen LogP contribution in [-0.2, 0) is 9.59 Å². The summed E-state index contributed by atoms with van der Waals surface area (Å²) in [5, 5.41) is 0. The molecular formula is C20H18O4S2. The van der Waals surface area contributed by atoms with Gasteiger partial charge in [0.1, 0.15) is 11.5 Å². The smallest absolute Gasteiger partial charge is 0.191 e. The third-order valence-corrected chi connectivity index (χ3v) is 6.21. The van der Waals surface area contributed by atoms with Crippen molar-refractivity contribution in [3.05, 3.63) is 70.3 Å². The fraction of sp³-hybridized carbons (Fsp3) is 0.200. The minimum atomic E-state index is -0.313. The average Bonchev–Trinajstić information content (AvgIpc) is 3.29. The molecule has 3 heterocycles. The first kappa shape index (κ1) is 18.6. The van der Waals surface area contributed by atoms with E-state index in [0.717, 1.165) is 28.6 Å². The highest BCUT2D eigenvalue weighted by molar-refractivity contribution is 8.22. The molecule has 0 bridgehead atoms. The molecule has 0 unspecified atom stereocenters. The molecule has 2 aromatic heterocycles. The Morgan fingerprint density at radius 1 is 0.846 bits per heavy atom. The molecular weight excluding hydrogens is 368 g/mol. The summed E-state index contributed by atoms with van der Waals surface area (Å²) in [5.74, 6) is 2.34. The molecule has 0 spiro atoms. The molecule has 6 heteroatoms. The molecule has 134 valence electrons. The highest BCUT2D eigenvalue weighted by Crippen LogP contribution is 2.37. The van der Waals surface area contributed by atoms with Gasteiger partial charge in [0, 0.05) is 0 Å². The van der Waals surface area contributed by atoms with Gasteiger partial charge in [0.05, 0.1) is 22.3 Å². The van der Waals surface area contributed by atoms with Gasteiger partial charge in [-0.3, -0.25) is 9.59 Å². The van der Waals surface area contributed by atoms with E-state index in [0.29, 0.717) is 11.5 Å². The summed E-state index contributed by atoms with van der Waals surface area (Å²) < 4.78 is 11.2. The topological polar surface area (TPSA) is 60.4 Å². The van der Waals surface area contributed by atoms with Crippen molar-refractivity contribution in [1.82, 2.24) is 0 Å². The lowest BCUT2D eigenvalue weighted by Crippen LogP contribution is -2.10. The lowest BCUT2D eigenvalue weighted by Gasteiger charge is -2.07. The minimum Gasteiger partial charge on any atom is -0.465 e. The van der Waals surface area contributed by atoms with Gasteiger partial charge in [0.15, 0.2) is 11.6 Å². The monoisotopic (exact) mass is 386 g/mol. The maximum atomic E-state index is 12.8. The van der Waals surface area contributed by atoms with Crippen molar-refractivity contribution in [2.45, 2.75) is 12.8 Å². The molecule has 0 radical (unpaired) electrons.